The third-order valence-electron chi connectivity index (χ3n) is 8.00. The smallest absolute Gasteiger partial charge is 0.306 e. The molecule has 7 heteroatoms. The highest BCUT2D eigenvalue weighted by atomic mass is 16.5. The summed E-state index contributed by atoms with van der Waals surface area (Å²) in [5, 5.41) is 20.1. The lowest BCUT2D eigenvalue weighted by Gasteiger charge is -2.20. The van der Waals surface area contributed by atoms with Crippen LogP contribution in [0.15, 0.2) is 42.5 Å². The number of rotatable bonds is 9. The van der Waals surface area contributed by atoms with Gasteiger partial charge in [-0.25, -0.2) is 0 Å². The minimum Gasteiger partial charge on any atom is -0.493 e. The van der Waals surface area contributed by atoms with E-state index < -0.39 is 5.60 Å². The van der Waals surface area contributed by atoms with E-state index in [-0.39, 0.29) is 24.4 Å². The Morgan fingerprint density at radius 1 is 1.07 bits per heavy atom. The second-order valence-corrected chi connectivity index (χ2v) is 11.6. The van der Waals surface area contributed by atoms with Crippen molar-refractivity contribution in [3.05, 3.63) is 75.8 Å². The van der Waals surface area contributed by atoms with Crippen molar-refractivity contribution < 1.29 is 28.8 Å². The first kappa shape index (κ1) is 28.5. The summed E-state index contributed by atoms with van der Waals surface area (Å²) in [6, 6.07) is 16.2. The van der Waals surface area contributed by atoms with E-state index in [2.05, 4.69) is 6.07 Å². The Labute approximate surface area is 241 Å². The van der Waals surface area contributed by atoms with Crippen molar-refractivity contribution >= 4 is 5.97 Å². The molecule has 0 radical (unpaired) electrons. The van der Waals surface area contributed by atoms with E-state index in [4.69, 9.17) is 18.9 Å². The Morgan fingerprint density at radius 3 is 2.49 bits per heavy atom. The molecule has 0 spiro atoms. The summed E-state index contributed by atoms with van der Waals surface area (Å²) in [6.45, 7) is 8.51. The number of hydrogen-bond donors (Lipinski definition) is 1. The molecular weight excluding hydrogens is 518 g/mol. The van der Waals surface area contributed by atoms with Crippen molar-refractivity contribution in [3.63, 3.8) is 0 Å². The minimum atomic E-state index is -0.783. The molecule has 7 nitrogen and oxygen atoms in total. The van der Waals surface area contributed by atoms with Gasteiger partial charge in [-0.05, 0) is 92.6 Å². The fourth-order valence-corrected chi connectivity index (χ4v) is 5.94. The zero-order chi connectivity index (χ0) is 29.3. The zero-order valence-electron chi connectivity index (χ0n) is 24.4. The monoisotopic (exact) mass is 555 g/mol. The molecule has 1 N–H and O–H groups in total. The third-order valence-corrected chi connectivity index (χ3v) is 8.00. The van der Waals surface area contributed by atoms with Crippen molar-refractivity contribution in [2.24, 2.45) is 0 Å². The van der Waals surface area contributed by atoms with Gasteiger partial charge in [0.2, 0.25) is 0 Å². The van der Waals surface area contributed by atoms with Crippen molar-refractivity contribution in [2.75, 3.05) is 20.3 Å². The topological polar surface area (TPSA) is 98.0 Å². The molecule has 2 aliphatic rings. The molecule has 1 aliphatic carbocycles. The lowest BCUT2D eigenvalue weighted by molar-refractivity contribution is -0.141. The summed E-state index contributed by atoms with van der Waals surface area (Å²) in [5.74, 6) is 1.95. The van der Waals surface area contributed by atoms with E-state index >= 15 is 0 Å². The molecule has 0 bridgehead atoms. The normalized spacial score (nSPS) is 17.3. The van der Waals surface area contributed by atoms with Gasteiger partial charge in [-0.15, -0.1) is 0 Å². The maximum atomic E-state index is 11.8. The van der Waals surface area contributed by atoms with Crippen LogP contribution in [0.3, 0.4) is 0 Å². The van der Waals surface area contributed by atoms with Gasteiger partial charge >= 0.3 is 5.97 Å². The van der Waals surface area contributed by atoms with Crippen LogP contribution in [-0.2, 0) is 16.0 Å². The van der Waals surface area contributed by atoms with Gasteiger partial charge in [-0.2, -0.15) is 5.26 Å². The molecule has 0 saturated heterocycles. The Kier molecular flexibility index (Phi) is 7.97. The van der Waals surface area contributed by atoms with E-state index in [0.29, 0.717) is 30.9 Å². The maximum Gasteiger partial charge on any atom is 0.306 e. The van der Waals surface area contributed by atoms with Crippen molar-refractivity contribution in [3.8, 4) is 34.4 Å². The third kappa shape index (κ3) is 6.03. The first-order chi connectivity index (χ1) is 19.6. The number of aryl methyl sites for hydroxylation is 2. The molecule has 0 fully saturated rings. The molecule has 1 heterocycles. The number of esters is 1. The van der Waals surface area contributed by atoms with Gasteiger partial charge in [0.15, 0.2) is 0 Å². The van der Waals surface area contributed by atoms with E-state index in [1.165, 1.54) is 7.11 Å². The number of benzene rings is 3. The van der Waals surface area contributed by atoms with Gasteiger partial charge in [-0.1, -0.05) is 12.1 Å². The molecule has 41 heavy (non-hydrogen) atoms. The SMILES string of the molecule is COC(=O)CC1COc2cc(OC3CCc4c3ccc(C#N)c4-c3c(C)cc(OCCC(C)(C)O)cc3C)ccc21. The molecule has 214 valence electrons. The van der Waals surface area contributed by atoms with Crippen molar-refractivity contribution in [2.45, 2.75) is 71.0 Å². The molecular formula is C34H37NO6. The number of aliphatic hydroxyl groups is 1. The number of fused-ring (bicyclic) bond motifs is 2. The first-order valence-corrected chi connectivity index (χ1v) is 14.1. The minimum absolute atomic E-state index is 0.0181. The molecule has 3 aromatic rings. The number of nitrogens with zero attached hydrogens (tertiary/aromatic N) is 1. The number of carbonyl (C=O) groups excluding carboxylic acids is 1. The van der Waals surface area contributed by atoms with Crippen LogP contribution in [0.5, 0.6) is 17.2 Å². The van der Waals surface area contributed by atoms with E-state index in [1.54, 1.807) is 13.8 Å². The zero-order valence-corrected chi connectivity index (χ0v) is 24.4. The van der Waals surface area contributed by atoms with Gasteiger partial charge in [0.25, 0.3) is 0 Å². The highest BCUT2D eigenvalue weighted by molar-refractivity contribution is 5.81. The predicted molar refractivity (Wildman–Crippen MR) is 155 cm³/mol. The summed E-state index contributed by atoms with van der Waals surface area (Å²) >= 11 is 0. The summed E-state index contributed by atoms with van der Waals surface area (Å²) in [7, 11) is 1.40. The van der Waals surface area contributed by atoms with Gasteiger partial charge in [0.1, 0.15) is 23.4 Å². The lowest BCUT2D eigenvalue weighted by atomic mass is 9.87. The molecule has 1 aliphatic heterocycles. The summed E-state index contributed by atoms with van der Waals surface area (Å²) in [4.78, 5) is 11.8. The molecule has 0 aromatic heterocycles. The number of nitriles is 1. The number of methoxy groups -OCH3 is 1. The molecule has 5 rings (SSSR count). The quantitative estimate of drug-likeness (QED) is 0.302. The molecule has 2 atom stereocenters. The van der Waals surface area contributed by atoms with E-state index in [9.17, 15) is 15.2 Å². The van der Waals surface area contributed by atoms with Crippen LogP contribution in [0.25, 0.3) is 11.1 Å². The Hall–Kier alpha value is -4.02. The Bertz CT molecular complexity index is 1490. The average molecular weight is 556 g/mol. The van der Waals surface area contributed by atoms with Crippen LogP contribution in [0, 0.1) is 25.2 Å². The van der Waals surface area contributed by atoms with Crippen LogP contribution in [0.4, 0.5) is 0 Å². The standard InChI is InChI=1S/C34H37NO6/c1-20-14-25(39-13-12-34(3,4)37)15-21(2)32(20)33-22(18-35)6-8-27-28(33)10-11-29(27)41-24-7-9-26-23(16-31(36)38-5)19-40-30(26)17-24/h6-9,14-15,17,23,29,37H,10-13,16,19H2,1-5H3. The van der Waals surface area contributed by atoms with Crippen molar-refractivity contribution in [1.82, 2.24) is 0 Å². The molecule has 2 unspecified atom stereocenters. The highest BCUT2D eigenvalue weighted by Crippen LogP contribution is 2.45. The maximum absolute atomic E-state index is 11.8. The second kappa shape index (κ2) is 11.5. The Balaban J connectivity index is 1.40. The number of ether oxygens (including phenoxy) is 4. The fourth-order valence-electron chi connectivity index (χ4n) is 5.94. The predicted octanol–water partition coefficient (Wildman–Crippen LogP) is 6.49. The number of hydrogen-bond acceptors (Lipinski definition) is 7. The van der Waals surface area contributed by atoms with Crippen LogP contribution >= 0.6 is 0 Å². The second-order valence-electron chi connectivity index (χ2n) is 11.6. The fraction of sp³-hybridized carbons (Fsp3) is 0.412. The summed E-state index contributed by atoms with van der Waals surface area (Å²) in [5.41, 5.74) is 7.19. The van der Waals surface area contributed by atoms with Crippen LogP contribution in [-0.4, -0.2) is 37.0 Å². The number of carbonyl (C=O) groups is 1. The molecule has 3 aromatic carbocycles. The van der Waals surface area contributed by atoms with Gasteiger partial charge in [-0.3, -0.25) is 4.79 Å². The molecule has 0 saturated carbocycles. The van der Waals surface area contributed by atoms with Crippen LogP contribution in [0.2, 0.25) is 0 Å². The average Bonchev–Trinajstić information content (AvgIpc) is 3.51. The Morgan fingerprint density at radius 2 is 1.80 bits per heavy atom. The van der Waals surface area contributed by atoms with Gasteiger partial charge in [0.05, 0.1) is 44.0 Å². The van der Waals surface area contributed by atoms with E-state index in [1.807, 2.05) is 56.3 Å². The van der Waals surface area contributed by atoms with Crippen LogP contribution < -0.4 is 14.2 Å². The van der Waals surface area contributed by atoms with Gasteiger partial charge < -0.3 is 24.1 Å². The van der Waals surface area contributed by atoms with Crippen molar-refractivity contribution in [1.29, 1.82) is 5.26 Å². The van der Waals surface area contributed by atoms with Gasteiger partial charge in [0, 0.05) is 29.5 Å². The highest BCUT2D eigenvalue weighted by Gasteiger charge is 2.31. The van der Waals surface area contributed by atoms with E-state index in [0.717, 1.165) is 63.3 Å². The summed E-state index contributed by atoms with van der Waals surface area (Å²) in [6.07, 6.45) is 2.28. The molecule has 0 amide bonds. The largest absolute Gasteiger partial charge is 0.493 e. The first-order valence-electron chi connectivity index (χ1n) is 14.1. The lowest BCUT2D eigenvalue weighted by Crippen LogP contribution is -2.21. The van der Waals surface area contributed by atoms with Crippen LogP contribution in [0.1, 0.15) is 78.5 Å². The summed E-state index contributed by atoms with van der Waals surface area (Å²) < 4.78 is 23.1.